The normalized spacial score (nSPS) is 18.1. The van der Waals surface area contributed by atoms with Crippen molar-refractivity contribution in [3.8, 4) is 0 Å². The molecule has 0 atom stereocenters. The van der Waals surface area contributed by atoms with Gasteiger partial charge in [-0.25, -0.2) is 9.78 Å². The third-order valence-electron chi connectivity index (χ3n) is 6.94. The first-order valence-corrected chi connectivity index (χ1v) is 14.4. The second kappa shape index (κ2) is 10.6. The largest absolute Gasteiger partial charge is 0.447 e. The van der Waals surface area contributed by atoms with Gasteiger partial charge in [0.15, 0.2) is 5.13 Å². The average Bonchev–Trinajstić information content (AvgIpc) is 3.53. The second-order valence-electron chi connectivity index (χ2n) is 9.18. The first kappa shape index (κ1) is 24.7. The third kappa shape index (κ3) is 5.11. The molecular formula is C26H30N4O4S2. The Hall–Kier alpha value is -2.95. The molecule has 0 spiro atoms. The number of benzene rings is 2. The van der Waals surface area contributed by atoms with Crippen LogP contribution in [0, 0.1) is 0 Å². The molecule has 2 saturated heterocycles. The molecule has 8 nitrogen and oxygen atoms in total. The van der Waals surface area contributed by atoms with Crippen molar-refractivity contribution >= 4 is 44.7 Å². The van der Waals surface area contributed by atoms with Crippen molar-refractivity contribution in [1.29, 1.82) is 0 Å². The molecule has 1 amide bonds. The van der Waals surface area contributed by atoms with Gasteiger partial charge in [-0.3, -0.25) is 9.11 Å². The van der Waals surface area contributed by atoms with Gasteiger partial charge in [-0.15, -0.1) is 11.3 Å². The van der Waals surface area contributed by atoms with Gasteiger partial charge in [0.25, 0.3) is 0 Å². The van der Waals surface area contributed by atoms with Crippen LogP contribution in [0.25, 0.3) is 0 Å². The number of thiazole rings is 1. The zero-order valence-electron chi connectivity index (χ0n) is 20.0. The van der Waals surface area contributed by atoms with E-state index in [1.54, 1.807) is 16.2 Å². The SMILES string of the molecule is O.O=C1OCCN1c1ccc2c(c1)CN(c1ncc(Cc3ccc(N4CCS(=O)CC4)cc3)s1)CC2. The number of ether oxygens (including phenoxy) is 1. The van der Waals surface area contributed by atoms with Gasteiger partial charge in [0.05, 0.1) is 6.54 Å². The van der Waals surface area contributed by atoms with Crippen LogP contribution in [-0.4, -0.2) is 65.1 Å². The molecule has 3 aliphatic rings. The number of anilines is 3. The Morgan fingerprint density at radius 2 is 1.72 bits per heavy atom. The number of fused-ring (bicyclic) bond motifs is 1. The van der Waals surface area contributed by atoms with E-state index in [4.69, 9.17) is 9.72 Å². The van der Waals surface area contributed by atoms with Crippen LogP contribution in [0.1, 0.15) is 21.6 Å². The number of carbonyl (C=O) groups is 1. The summed E-state index contributed by atoms with van der Waals surface area (Å²) in [6, 6.07) is 15.1. The van der Waals surface area contributed by atoms with Gasteiger partial charge in [0.1, 0.15) is 6.61 Å². The van der Waals surface area contributed by atoms with Gasteiger partial charge in [0, 0.05) is 77.4 Å². The number of amides is 1. The highest BCUT2D eigenvalue weighted by Gasteiger charge is 2.26. The van der Waals surface area contributed by atoms with Crippen molar-refractivity contribution in [2.24, 2.45) is 0 Å². The summed E-state index contributed by atoms with van der Waals surface area (Å²) in [7, 11) is -0.653. The van der Waals surface area contributed by atoms with Crippen molar-refractivity contribution < 1.29 is 19.2 Å². The predicted molar refractivity (Wildman–Crippen MR) is 145 cm³/mol. The Bertz CT molecular complexity index is 1250. The minimum Gasteiger partial charge on any atom is -0.447 e. The van der Waals surface area contributed by atoms with Crippen LogP contribution in [0.3, 0.4) is 0 Å². The van der Waals surface area contributed by atoms with Crippen molar-refractivity contribution in [2.45, 2.75) is 19.4 Å². The standard InChI is InChI=1S/C26H28N4O3S2.H2O/c31-26-30(9-12-33-26)23-6-3-20-7-8-29(18-21(20)16-23)25-27-17-24(34-25)15-19-1-4-22(5-2-19)28-10-13-35(32)14-11-28;/h1-6,16-17H,7-15,18H2;1H2. The van der Waals surface area contributed by atoms with E-state index in [-0.39, 0.29) is 11.6 Å². The third-order valence-corrected chi connectivity index (χ3v) is 9.28. The number of carbonyl (C=O) groups excluding carboxylic acids is 1. The lowest BCUT2D eigenvalue weighted by molar-refractivity contribution is 0.181. The van der Waals surface area contributed by atoms with Gasteiger partial charge >= 0.3 is 6.09 Å². The molecular weight excluding hydrogens is 496 g/mol. The van der Waals surface area contributed by atoms with Crippen molar-refractivity contribution in [2.75, 3.05) is 59.0 Å². The molecule has 36 heavy (non-hydrogen) atoms. The van der Waals surface area contributed by atoms with E-state index >= 15 is 0 Å². The molecule has 0 saturated carbocycles. The number of aromatic nitrogens is 1. The van der Waals surface area contributed by atoms with Crippen LogP contribution >= 0.6 is 11.3 Å². The van der Waals surface area contributed by atoms with Gasteiger partial charge in [-0.2, -0.15) is 0 Å². The Balaban J connectivity index is 0.00000267. The summed E-state index contributed by atoms with van der Waals surface area (Å²) >= 11 is 1.76. The summed E-state index contributed by atoms with van der Waals surface area (Å²) < 4.78 is 16.7. The molecule has 2 fully saturated rings. The fourth-order valence-electron chi connectivity index (χ4n) is 4.95. The zero-order chi connectivity index (χ0) is 23.8. The topological polar surface area (TPSA) is 97.5 Å². The van der Waals surface area contributed by atoms with Crippen molar-refractivity contribution in [3.63, 3.8) is 0 Å². The molecule has 190 valence electrons. The molecule has 10 heteroatoms. The summed E-state index contributed by atoms with van der Waals surface area (Å²) in [6.07, 6.45) is 3.58. The monoisotopic (exact) mass is 526 g/mol. The lowest BCUT2D eigenvalue weighted by Crippen LogP contribution is -2.37. The Morgan fingerprint density at radius 3 is 2.47 bits per heavy atom. The second-order valence-corrected chi connectivity index (χ2v) is 12.0. The molecule has 3 aromatic rings. The number of hydrogen-bond donors (Lipinski definition) is 0. The fraction of sp³-hybridized carbons (Fsp3) is 0.385. The summed E-state index contributed by atoms with van der Waals surface area (Å²) in [4.78, 5) is 24.3. The predicted octanol–water partition coefficient (Wildman–Crippen LogP) is 3.00. The molecule has 2 N–H and O–H groups in total. The quantitative estimate of drug-likeness (QED) is 0.507. The highest BCUT2D eigenvalue weighted by molar-refractivity contribution is 7.85. The maximum atomic E-state index is 12.0. The smallest absolute Gasteiger partial charge is 0.414 e. The Morgan fingerprint density at radius 1 is 0.944 bits per heavy atom. The van der Waals surface area contributed by atoms with Crippen molar-refractivity contribution in [1.82, 2.24) is 4.98 Å². The van der Waals surface area contributed by atoms with E-state index in [0.717, 1.165) is 61.3 Å². The Labute approximate surface area is 217 Å². The van der Waals surface area contributed by atoms with E-state index in [9.17, 15) is 9.00 Å². The Kier molecular flexibility index (Phi) is 7.27. The van der Waals surface area contributed by atoms with Crippen LogP contribution in [-0.2, 0) is 34.9 Å². The van der Waals surface area contributed by atoms with Crippen molar-refractivity contribution in [3.05, 3.63) is 70.2 Å². The molecule has 0 bridgehead atoms. The summed E-state index contributed by atoms with van der Waals surface area (Å²) in [5.41, 5.74) is 5.99. The van der Waals surface area contributed by atoms with E-state index in [0.29, 0.717) is 13.2 Å². The lowest BCUT2D eigenvalue weighted by Gasteiger charge is -2.29. The maximum Gasteiger partial charge on any atom is 0.414 e. The van der Waals surface area contributed by atoms with Gasteiger partial charge < -0.3 is 20.0 Å². The molecule has 0 unspecified atom stereocenters. The van der Waals surface area contributed by atoms with E-state index < -0.39 is 10.8 Å². The summed E-state index contributed by atoms with van der Waals surface area (Å²) in [6.45, 7) is 4.54. The minimum atomic E-state index is -0.653. The average molecular weight is 527 g/mol. The number of nitrogens with zero attached hydrogens (tertiary/aromatic N) is 4. The summed E-state index contributed by atoms with van der Waals surface area (Å²) in [5, 5.41) is 1.05. The molecule has 4 heterocycles. The van der Waals surface area contributed by atoms with Gasteiger partial charge in [-0.1, -0.05) is 18.2 Å². The van der Waals surface area contributed by atoms with Crippen LogP contribution in [0.2, 0.25) is 0 Å². The molecule has 0 aliphatic carbocycles. The highest BCUT2D eigenvalue weighted by atomic mass is 32.2. The van der Waals surface area contributed by atoms with E-state index in [2.05, 4.69) is 46.2 Å². The zero-order valence-corrected chi connectivity index (χ0v) is 21.7. The van der Waals surface area contributed by atoms with Crippen LogP contribution < -0.4 is 14.7 Å². The minimum absolute atomic E-state index is 0. The van der Waals surface area contributed by atoms with E-state index in [1.807, 2.05) is 12.3 Å². The van der Waals surface area contributed by atoms with Crippen LogP contribution in [0.15, 0.2) is 48.7 Å². The fourth-order valence-corrected chi connectivity index (χ4v) is 6.97. The summed E-state index contributed by atoms with van der Waals surface area (Å²) in [5.74, 6) is 1.52. The molecule has 2 aromatic carbocycles. The number of rotatable bonds is 5. The van der Waals surface area contributed by atoms with Crippen LogP contribution in [0.4, 0.5) is 21.3 Å². The molecule has 3 aliphatic heterocycles. The molecule has 6 rings (SSSR count). The van der Waals surface area contributed by atoms with Gasteiger partial charge in [0.2, 0.25) is 0 Å². The van der Waals surface area contributed by atoms with Gasteiger partial charge in [-0.05, 0) is 47.4 Å². The van der Waals surface area contributed by atoms with Crippen LogP contribution in [0.5, 0.6) is 0 Å². The molecule has 0 radical (unpaired) electrons. The molecule has 1 aromatic heterocycles. The highest BCUT2D eigenvalue weighted by Crippen LogP contribution is 2.32. The maximum absolute atomic E-state index is 12.0. The number of hydrogen-bond acceptors (Lipinski definition) is 7. The lowest BCUT2D eigenvalue weighted by atomic mass is 9.99. The first-order chi connectivity index (χ1) is 17.1. The first-order valence-electron chi connectivity index (χ1n) is 12.1. The van der Waals surface area contributed by atoms with E-state index in [1.165, 1.54) is 27.3 Å². The number of cyclic esters (lactones) is 1.